The van der Waals surface area contributed by atoms with Crippen molar-refractivity contribution in [1.82, 2.24) is 0 Å². The van der Waals surface area contributed by atoms with E-state index in [2.05, 4.69) is 5.32 Å². The van der Waals surface area contributed by atoms with Crippen LogP contribution >= 0.6 is 0 Å². The number of nitro groups is 1. The molecule has 0 bridgehead atoms. The first-order chi connectivity index (χ1) is 8.16. The van der Waals surface area contributed by atoms with Gasteiger partial charge in [-0.15, -0.1) is 0 Å². The fourth-order valence-electron chi connectivity index (χ4n) is 1.84. The summed E-state index contributed by atoms with van der Waals surface area (Å²) < 4.78 is 0. The molecule has 0 atom stereocenters. The van der Waals surface area contributed by atoms with Crippen LogP contribution in [0.2, 0.25) is 0 Å². The molecule has 0 heterocycles. The lowest BCUT2D eigenvalue weighted by molar-refractivity contribution is -0.384. The van der Waals surface area contributed by atoms with E-state index in [9.17, 15) is 10.1 Å². The molecule has 0 amide bonds. The molecule has 1 fully saturated rings. The highest BCUT2D eigenvalue weighted by atomic mass is 16.6. The molecule has 2 rings (SSSR count). The number of hydrogen-bond acceptors (Lipinski definition) is 4. The fourth-order valence-corrected chi connectivity index (χ4v) is 1.84. The molecule has 0 spiro atoms. The SMILES string of the molecule is Nc1cc([N+](=O)[O-])ccc1NCCCC1CC1. The van der Waals surface area contributed by atoms with Crippen LogP contribution in [-0.2, 0) is 0 Å². The zero-order valence-electron chi connectivity index (χ0n) is 9.69. The molecule has 0 unspecified atom stereocenters. The van der Waals surface area contributed by atoms with E-state index in [0.717, 1.165) is 24.6 Å². The summed E-state index contributed by atoms with van der Waals surface area (Å²) in [7, 11) is 0. The van der Waals surface area contributed by atoms with Gasteiger partial charge in [-0.25, -0.2) is 0 Å². The Balaban J connectivity index is 1.84. The van der Waals surface area contributed by atoms with Crippen molar-refractivity contribution in [2.75, 3.05) is 17.6 Å². The number of nitrogens with zero attached hydrogens (tertiary/aromatic N) is 1. The predicted molar refractivity (Wildman–Crippen MR) is 68.0 cm³/mol. The minimum absolute atomic E-state index is 0.0334. The van der Waals surface area contributed by atoms with Crippen LogP contribution in [0.15, 0.2) is 18.2 Å². The monoisotopic (exact) mass is 235 g/mol. The predicted octanol–water partition coefficient (Wildman–Crippen LogP) is 2.78. The maximum Gasteiger partial charge on any atom is 0.271 e. The molecule has 3 N–H and O–H groups in total. The first-order valence-electron chi connectivity index (χ1n) is 5.94. The summed E-state index contributed by atoms with van der Waals surface area (Å²) in [5, 5.41) is 13.8. The van der Waals surface area contributed by atoms with Crippen molar-refractivity contribution < 1.29 is 4.92 Å². The van der Waals surface area contributed by atoms with E-state index >= 15 is 0 Å². The number of benzene rings is 1. The highest BCUT2D eigenvalue weighted by Crippen LogP contribution is 2.33. The van der Waals surface area contributed by atoms with Crippen molar-refractivity contribution in [1.29, 1.82) is 0 Å². The molecule has 0 saturated heterocycles. The van der Waals surface area contributed by atoms with Crippen molar-refractivity contribution in [2.24, 2.45) is 5.92 Å². The lowest BCUT2D eigenvalue weighted by Gasteiger charge is -2.08. The molecular weight excluding hydrogens is 218 g/mol. The van der Waals surface area contributed by atoms with Crippen LogP contribution in [0.5, 0.6) is 0 Å². The Hall–Kier alpha value is -1.78. The number of nitrogens with one attached hydrogen (secondary N) is 1. The van der Waals surface area contributed by atoms with Gasteiger partial charge in [0.2, 0.25) is 0 Å². The number of nitro benzene ring substituents is 1. The summed E-state index contributed by atoms with van der Waals surface area (Å²) in [6, 6.07) is 4.54. The summed E-state index contributed by atoms with van der Waals surface area (Å²) in [5.74, 6) is 0.936. The average Bonchev–Trinajstić information content (AvgIpc) is 3.09. The van der Waals surface area contributed by atoms with Crippen LogP contribution in [0, 0.1) is 16.0 Å². The minimum atomic E-state index is -0.437. The number of nitrogens with two attached hydrogens (primary N) is 1. The largest absolute Gasteiger partial charge is 0.397 e. The van der Waals surface area contributed by atoms with Gasteiger partial charge >= 0.3 is 0 Å². The second-order valence-corrected chi connectivity index (χ2v) is 4.54. The van der Waals surface area contributed by atoms with Crippen LogP contribution < -0.4 is 11.1 Å². The second-order valence-electron chi connectivity index (χ2n) is 4.54. The van der Waals surface area contributed by atoms with E-state index in [4.69, 9.17) is 5.73 Å². The van der Waals surface area contributed by atoms with Gasteiger partial charge in [-0.1, -0.05) is 12.8 Å². The van der Waals surface area contributed by atoms with E-state index in [1.165, 1.54) is 31.4 Å². The van der Waals surface area contributed by atoms with Gasteiger partial charge in [-0.2, -0.15) is 0 Å². The van der Waals surface area contributed by atoms with Crippen molar-refractivity contribution in [3.05, 3.63) is 28.3 Å². The third kappa shape index (κ3) is 3.34. The molecule has 0 radical (unpaired) electrons. The topological polar surface area (TPSA) is 81.2 Å². The van der Waals surface area contributed by atoms with E-state index < -0.39 is 4.92 Å². The zero-order valence-corrected chi connectivity index (χ0v) is 9.69. The highest BCUT2D eigenvalue weighted by molar-refractivity contribution is 5.69. The lowest BCUT2D eigenvalue weighted by atomic mass is 10.2. The third-order valence-corrected chi connectivity index (χ3v) is 3.05. The molecule has 5 heteroatoms. The normalized spacial score (nSPS) is 14.6. The Morgan fingerprint density at radius 2 is 2.24 bits per heavy atom. The second kappa shape index (κ2) is 5.03. The van der Waals surface area contributed by atoms with Gasteiger partial charge in [0.15, 0.2) is 0 Å². The highest BCUT2D eigenvalue weighted by Gasteiger charge is 2.19. The minimum Gasteiger partial charge on any atom is -0.397 e. The lowest BCUT2D eigenvalue weighted by Crippen LogP contribution is -2.04. The summed E-state index contributed by atoms with van der Waals surface area (Å²) >= 11 is 0. The van der Waals surface area contributed by atoms with Crippen LogP contribution in [0.3, 0.4) is 0 Å². The molecule has 0 aromatic heterocycles. The van der Waals surface area contributed by atoms with Gasteiger partial charge < -0.3 is 11.1 Å². The van der Waals surface area contributed by atoms with Gasteiger partial charge in [-0.05, 0) is 24.8 Å². The molecule has 1 aromatic carbocycles. The Labute approximate surface area is 100 Å². The molecule has 1 aliphatic rings. The van der Waals surface area contributed by atoms with Crippen molar-refractivity contribution in [2.45, 2.75) is 25.7 Å². The Kier molecular flexibility index (Phi) is 3.46. The Morgan fingerprint density at radius 3 is 2.82 bits per heavy atom. The Morgan fingerprint density at radius 1 is 1.47 bits per heavy atom. The summed E-state index contributed by atoms with van der Waals surface area (Å²) in [6.07, 6.45) is 5.14. The molecule has 0 aliphatic heterocycles. The number of hydrogen-bond donors (Lipinski definition) is 2. The fraction of sp³-hybridized carbons (Fsp3) is 0.500. The summed E-state index contributed by atoms with van der Waals surface area (Å²) in [5.41, 5.74) is 7.00. The van der Waals surface area contributed by atoms with Gasteiger partial charge in [-0.3, -0.25) is 10.1 Å². The average molecular weight is 235 g/mol. The van der Waals surface area contributed by atoms with Crippen LogP contribution in [0.1, 0.15) is 25.7 Å². The van der Waals surface area contributed by atoms with Crippen LogP contribution in [-0.4, -0.2) is 11.5 Å². The zero-order chi connectivity index (χ0) is 12.3. The first-order valence-corrected chi connectivity index (χ1v) is 5.94. The van der Waals surface area contributed by atoms with Gasteiger partial charge in [0.25, 0.3) is 5.69 Å². The van der Waals surface area contributed by atoms with Crippen molar-refractivity contribution in [3.8, 4) is 0 Å². The molecule has 17 heavy (non-hydrogen) atoms. The van der Waals surface area contributed by atoms with Gasteiger partial charge in [0, 0.05) is 18.7 Å². The number of anilines is 2. The number of nitrogen functional groups attached to an aromatic ring is 1. The first kappa shape index (κ1) is 11.7. The van der Waals surface area contributed by atoms with E-state index in [-0.39, 0.29) is 5.69 Å². The molecule has 1 aliphatic carbocycles. The van der Waals surface area contributed by atoms with Crippen molar-refractivity contribution in [3.63, 3.8) is 0 Å². The summed E-state index contributed by atoms with van der Waals surface area (Å²) in [4.78, 5) is 10.1. The van der Waals surface area contributed by atoms with Crippen LogP contribution in [0.4, 0.5) is 17.1 Å². The standard InChI is InChI=1S/C12H17N3O2/c13-11-8-10(15(16)17)5-6-12(11)14-7-1-2-9-3-4-9/h5-6,8-9,14H,1-4,7,13H2. The third-order valence-electron chi connectivity index (χ3n) is 3.05. The smallest absolute Gasteiger partial charge is 0.271 e. The van der Waals surface area contributed by atoms with Gasteiger partial charge in [0.05, 0.1) is 16.3 Å². The quantitative estimate of drug-likeness (QED) is 0.344. The van der Waals surface area contributed by atoms with Crippen molar-refractivity contribution >= 4 is 17.1 Å². The molecule has 1 saturated carbocycles. The summed E-state index contributed by atoms with van der Waals surface area (Å²) in [6.45, 7) is 0.874. The Bertz CT molecular complexity index is 416. The van der Waals surface area contributed by atoms with E-state index in [1.54, 1.807) is 6.07 Å². The molecule has 1 aromatic rings. The maximum absolute atomic E-state index is 10.5. The van der Waals surface area contributed by atoms with Crippen LogP contribution in [0.25, 0.3) is 0 Å². The van der Waals surface area contributed by atoms with Gasteiger partial charge in [0.1, 0.15) is 0 Å². The molecule has 5 nitrogen and oxygen atoms in total. The number of non-ortho nitro benzene ring substituents is 1. The van der Waals surface area contributed by atoms with E-state index in [1.807, 2.05) is 0 Å². The maximum atomic E-state index is 10.5. The van der Waals surface area contributed by atoms with E-state index in [0.29, 0.717) is 5.69 Å². The molecular formula is C12H17N3O2. The number of rotatable bonds is 6. The molecule has 92 valence electrons.